The smallest absolute Gasteiger partial charge is 0.306 e. The van der Waals surface area contributed by atoms with E-state index in [2.05, 4.69) is 16.3 Å². The fourth-order valence-corrected chi connectivity index (χ4v) is 3.20. The lowest BCUT2D eigenvalue weighted by molar-refractivity contribution is -0.143. The Morgan fingerprint density at radius 2 is 2.11 bits per heavy atom. The van der Waals surface area contributed by atoms with E-state index in [-0.39, 0.29) is 24.4 Å². The van der Waals surface area contributed by atoms with Gasteiger partial charge in [-0.25, -0.2) is 5.48 Å². The maximum atomic E-state index is 11.1. The fraction of sp³-hybridized carbons (Fsp3) is 0.917. The van der Waals surface area contributed by atoms with Crippen molar-refractivity contribution in [2.75, 3.05) is 6.54 Å². The zero-order valence-electron chi connectivity index (χ0n) is 10.8. The number of hydrogen-bond acceptors (Lipinski definition) is 6. The summed E-state index contributed by atoms with van der Waals surface area (Å²) < 4.78 is 0. The molecule has 7 heteroatoms. The maximum absolute atomic E-state index is 11.1. The Labute approximate surface area is 111 Å². The predicted octanol–water partition coefficient (Wildman–Crippen LogP) is -0.0525. The summed E-state index contributed by atoms with van der Waals surface area (Å²) in [6.07, 6.45) is 4.28. The highest BCUT2D eigenvalue weighted by atomic mass is 16.7. The molecule has 0 aromatic carbocycles. The minimum atomic E-state index is -0.677. The number of carboxylic acid groups (broad SMARTS) is 1. The van der Waals surface area contributed by atoms with Gasteiger partial charge in [0.15, 0.2) is 6.23 Å². The second kappa shape index (κ2) is 5.72. The van der Waals surface area contributed by atoms with E-state index in [1.807, 2.05) is 0 Å². The normalized spacial score (nSPS) is 43.5. The summed E-state index contributed by atoms with van der Waals surface area (Å²) >= 11 is 0. The van der Waals surface area contributed by atoms with Gasteiger partial charge in [0, 0.05) is 6.54 Å². The summed E-state index contributed by atoms with van der Waals surface area (Å²) in [6.45, 7) is 0.835. The number of carbonyl (C=O) groups is 1. The lowest BCUT2D eigenvalue weighted by Crippen LogP contribution is -2.45. The Morgan fingerprint density at radius 1 is 1.21 bits per heavy atom. The Hall–Kier alpha value is -0.730. The molecule has 2 aliphatic heterocycles. The van der Waals surface area contributed by atoms with E-state index < -0.39 is 5.97 Å². The minimum absolute atomic E-state index is 0.0105. The van der Waals surface area contributed by atoms with Crippen molar-refractivity contribution in [3.8, 4) is 0 Å². The maximum Gasteiger partial charge on any atom is 0.306 e. The molecule has 4 N–H and O–H groups in total. The topological polar surface area (TPSA) is 91.9 Å². The molecule has 3 rings (SSSR count). The number of aliphatic carboxylic acids is 1. The van der Waals surface area contributed by atoms with Gasteiger partial charge in [-0.05, 0) is 31.6 Å². The summed E-state index contributed by atoms with van der Waals surface area (Å²) in [7, 11) is 0. The van der Waals surface area contributed by atoms with Crippen molar-refractivity contribution in [1.82, 2.24) is 16.3 Å². The summed E-state index contributed by atoms with van der Waals surface area (Å²) in [5, 5.41) is 12.5. The summed E-state index contributed by atoms with van der Waals surface area (Å²) in [6, 6.07) is 0. The molecule has 5 unspecified atom stereocenters. The molecular weight excluding hydrogens is 250 g/mol. The minimum Gasteiger partial charge on any atom is -0.481 e. The van der Waals surface area contributed by atoms with Crippen LogP contribution in [0, 0.1) is 11.8 Å². The highest BCUT2D eigenvalue weighted by molar-refractivity contribution is 5.70. The van der Waals surface area contributed by atoms with E-state index in [1.54, 1.807) is 0 Å². The third kappa shape index (κ3) is 2.90. The monoisotopic (exact) mass is 271 g/mol. The van der Waals surface area contributed by atoms with Crippen molar-refractivity contribution in [3.63, 3.8) is 0 Å². The van der Waals surface area contributed by atoms with E-state index in [4.69, 9.17) is 14.8 Å². The molecule has 0 amide bonds. The van der Waals surface area contributed by atoms with E-state index in [9.17, 15) is 4.79 Å². The van der Waals surface area contributed by atoms with Gasteiger partial charge in [0.05, 0.1) is 12.1 Å². The average molecular weight is 271 g/mol. The molecule has 108 valence electrons. The van der Waals surface area contributed by atoms with Crippen LogP contribution in [0.3, 0.4) is 0 Å². The van der Waals surface area contributed by atoms with Crippen LogP contribution in [0.25, 0.3) is 0 Å². The van der Waals surface area contributed by atoms with Gasteiger partial charge in [-0.2, -0.15) is 5.48 Å². The second-order valence-electron chi connectivity index (χ2n) is 5.60. The first-order valence-corrected chi connectivity index (χ1v) is 7.02. The number of hydrogen-bond donors (Lipinski definition) is 4. The van der Waals surface area contributed by atoms with E-state index in [1.165, 1.54) is 0 Å². The highest BCUT2D eigenvalue weighted by Gasteiger charge is 2.39. The van der Waals surface area contributed by atoms with Crippen LogP contribution < -0.4 is 16.3 Å². The molecule has 3 aliphatic rings. The molecule has 0 spiro atoms. The quantitative estimate of drug-likeness (QED) is 0.572. The van der Waals surface area contributed by atoms with Crippen LogP contribution in [0.5, 0.6) is 0 Å². The van der Waals surface area contributed by atoms with Crippen LogP contribution in [-0.4, -0.2) is 36.1 Å². The molecule has 0 aromatic rings. The Bertz CT molecular complexity index is 335. The second-order valence-corrected chi connectivity index (χ2v) is 5.60. The molecule has 2 saturated heterocycles. The highest BCUT2D eigenvalue weighted by Crippen LogP contribution is 2.32. The first-order valence-electron chi connectivity index (χ1n) is 7.02. The average Bonchev–Trinajstić information content (AvgIpc) is 3.09. The standard InChI is InChI=1S/C12H21N3O4/c16-12(17)8-3-1-2-7(6-8)10-14-11(19-15-10)9-4-5-13-18-9/h7-11,13-15H,1-6H2,(H,16,17). The van der Waals surface area contributed by atoms with Crippen LogP contribution in [-0.2, 0) is 14.5 Å². The SMILES string of the molecule is O=C(O)C1CCCC(C2NOC(C3CCNO3)N2)C1. The van der Waals surface area contributed by atoms with Crippen LogP contribution >= 0.6 is 0 Å². The summed E-state index contributed by atoms with van der Waals surface area (Å²) in [5.74, 6) is -0.594. The molecule has 7 nitrogen and oxygen atoms in total. The van der Waals surface area contributed by atoms with Gasteiger partial charge in [-0.15, -0.1) is 0 Å². The lowest BCUT2D eigenvalue weighted by Gasteiger charge is -2.30. The van der Waals surface area contributed by atoms with Gasteiger partial charge in [-0.3, -0.25) is 19.8 Å². The van der Waals surface area contributed by atoms with Crippen molar-refractivity contribution >= 4 is 5.97 Å². The van der Waals surface area contributed by atoms with Crippen molar-refractivity contribution in [2.24, 2.45) is 11.8 Å². The molecule has 3 fully saturated rings. The van der Waals surface area contributed by atoms with Crippen molar-refractivity contribution in [2.45, 2.75) is 50.6 Å². The molecule has 0 radical (unpaired) electrons. The van der Waals surface area contributed by atoms with E-state index >= 15 is 0 Å². The van der Waals surface area contributed by atoms with Crippen molar-refractivity contribution in [1.29, 1.82) is 0 Å². The largest absolute Gasteiger partial charge is 0.481 e. The van der Waals surface area contributed by atoms with E-state index in [0.717, 1.165) is 32.2 Å². The first-order chi connectivity index (χ1) is 9.24. The Balaban J connectivity index is 1.53. The van der Waals surface area contributed by atoms with Crippen LogP contribution in [0.2, 0.25) is 0 Å². The Kier molecular flexibility index (Phi) is 3.99. The summed E-state index contributed by atoms with van der Waals surface area (Å²) in [5.41, 5.74) is 5.84. The van der Waals surface area contributed by atoms with Gasteiger partial charge >= 0.3 is 5.97 Å². The number of nitrogens with one attached hydrogen (secondary N) is 3. The predicted molar refractivity (Wildman–Crippen MR) is 65.5 cm³/mol. The number of hydroxylamine groups is 2. The number of carboxylic acids is 1. The molecule has 0 bridgehead atoms. The van der Waals surface area contributed by atoms with Crippen LogP contribution in [0.4, 0.5) is 0 Å². The van der Waals surface area contributed by atoms with Gasteiger partial charge in [-0.1, -0.05) is 6.42 Å². The van der Waals surface area contributed by atoms with Crippen molar-refractivity contribution in [3.05, 3.63) is 0 Å². The van der Waals surface area contributed by atoms with Gasteiger partial charge < -0.3 is 5.11 Å². The Morgan fingerprint density at radius 3 is 2.84 bits per heavy atom. The molecular formula is C12H21N3O4. The van der Waals surface area contributed by atoms with Gasteiger partial charge in [0.25, 0.3) is 0 Å². The van der Waals surface area contributed by atoms with Gasteiger partial charge in [0.2, 0.25) is 0 Å². The third-order valence-corrected chi connectivity index (χ3v) is 4.30. The molecule has 2 heterocycles. The zero-order valence-corrected chi connectivity index (χ0v) is 10.8. The molecule has 0 aromatic heterocycles. The van der Waals surface area contributed by atoms with Crippen LogP contribution in [0.15, 0.2) is 0 Å². The first kappa shape index (κ1) is 13.3. The molecule has 1 aliphatic carbocycles. The summed E-state index contributed by atoms with van der Waals surface area (Å²) in [4.78, 5) is 22.0. The molecule has 19 heavy (non-hydrogen) atoms. The molecule has 1 saturated carbocycles. The zero-order chi connectivity index (χ0) is 13.2. The van der Waals surface area contributed by atoms with Crippen LogP contribution in [0.1, 0.15) is 32.1 Å². The van der Waals surface area contributed by atoms with E-state index in [0.29, 0.717) is 12.3 Å². The van der Waals surface area contributed by atoms with Gasteiger partial charge in [0.1, 0.15) is 6.10 Å². The molecule has 5 atom stereocenters. The fourth-order valence-electron chi connectivity index (χ4n) is 3.20. The third-order valence-electron chi connectivity index (χ3n) is 4.30. The lowest BCUT2D eigenvalue weighted by atomic mass is 9.80. The number of rotatable bonds is 3. The van der Waals surface area contributed by atoms with Crippen molar-refractivity contribution < 1.29 is 19.6 Å².